The van der Waals surface area contributed by atoms with E-state index in [9.17, 15) is 9.18 Å². The van der Waals surface area contributed by atoms with Gasteiger partial charge in [0.25, 0.3) is 0 Å². The van der Waals surface area contributed by atoms with E-state index in [1.54, 1.807) is 12.1 Å². The van der Waals surface area contributed by atoms with Crippen LogP contribution in [-0.2, 0) is 9.53 Å². The Labute approximate surface area is 118 Å². The van der Waals surface area contributed by atoms with Gasteiger partial charge in [0.1, 0.15) is 5.82 Å². The lowest BCUT2D eigenvalue weighted by atomic mass is 9.79. The van der Waals surface area contributed by atoms with Crippen LogP contribution in [0.5, 0.6) is 0 Å². The Hall–Kier alpha value is -1.46. The highest BCUT2D eigenvalue weighted by atomic mass is 19.1. The van der Waals surface area contributed by atoms with E-state index >= 15 is 0 Å². The van der Waals surface area contributed by atoms with Crippen molar-refractivity contribution in [3.05, 3.63) is 35.6 Å². The number of carbonyl (C=O) groups excluding carboxylic acids is 1. The van der Waals surface area contributed by atoms with Crippen molar-refractivity contribution in [2.45, 2.75) is 25.8 Å². The molecule has 0 unspecified atom stereocenters. The van der Waals surface area contributed by atoms with Crippen LogP contribution in [0.4, 0.5) is 4.39 Å². The molecule has 20 heavy (non-hydrogen) atoms. The van der Waals surface area contributed by atoms with Gasteiger partial charge in [0, 0.05) is 19.8 Å². The molecule has 1 aromatic carbocycles. The minimum Gasteiger partial charge on any atom is -0.381 e. The predicted molar refractivity (Wildman–Crippen MR) is 74.5 cm³/mol. The SMILES string of the molecule is C[C@@H](NC(=O)C1(CN)CCOCC1)c1cccc(F)c1. The molecule has 1 heterocycles. The fourth-order valence-electron chi connectivity index (χ4n) is 2.50. The highest BCUT2D eigenvalue weighted by Gasteiger charge is 2.39. The van der Waals surface area contributed by atoms with Gasteiger partial charge in [0.2, 0.25) is 5.91 Å². The summed E-state index contributed by atoms with van der Waals surface area (Å²) in [5.74, 6) is -0.372. The van der Waals surface area contributed by atoms with Crippen molar-refractivity contribution in [3.63, 3.8) is 0 Å². The van der Waals surface area contributed by atoms with E-state index in [0.29, 0.717) is 32.6 Å². The molecule has 1 fully saturated rings. The van der Waals surface area contributed by atoms with Gasteiger partial charge in [-0.25, -0.2) is 4.39 Å². The van der Waals surface area contributed by atoms with E-state index in [-0.39, 0.29) is 17.8 Å². The van der Waals surface area contributed by atoms with Crippen LogP contribution in [0.1, 0.15) is 31.4 Å². The van der Waals surface area contributed by atoms with Crippen molar-refractivity contribution < 1.29 is 13.9 Å². The summed E-state index contributed by atoms with van der Waals surface area (Å²) in [6, 6.07) is 6.01. The molecule has 1 aliphatic rings. The second-order valence-electron chi connectivity index (χ2n) is 5.35. The van der Waals surface area contributed by atoms with Gasteiger partial charge in [0.05, 0.1) is 11.5 Å². The molecular weight excluding hydrogens is 259 g/mol. The van der Waals surface area contributed by atoms with Gasteiger partial charge in [-0.05, 0) is 37.5 Å². The lowest BCUT2D eigenvalue weighted by Crippen LogP contribution is -2.49. The first-order valence-corrected chi connectivity index (χ1v) is 6.92. The Morgan fingerprint density at radius 1 is 1.50 bits per heavy atom. The van der Waals surface area contributed by atoms with Gasteiger partial charge in [0.15, 0.2) is 0 Å². The van der Waals surface area contributed by atoms with E-state index in [1.165, 1.54) is 12.1 Å². The fraction of sp³-hybridized carbons (Fsp3) is 0.533. The average molecular weight is 280 g/mol. The molecular formula is C15H21FN2O2. The Kier molecular flexibility index (Phi) is 4.73. The average Bonchev–Trinajstić information content (AvgIpc) is 2.47. The standard InChI is InChI=1S/C15H21FN2O2/c1-11(12-3-2-4-13(16)9-12)18-14(19)15(10-17)5-7-20-8-6-15/h2-4,9,11H,5-8,10,17H2,1H3,(H,18,19)/t11-/m1/s1. The van der Waals surface area contributed by atoms with Crippen LogP contribution >= 0.6 is 0 Å². The zero-order valence-corrected chi connectivity index (χ0v) is 11.7. The molecule has 4 nitrogen and oxygen atoms in total. The molecule has 0 radical (unpaired) electrons. The molecule has 5 heteroatoms. The number of halogens is 1. The van der Waals surface area contributed by atoms with E-state index in [0.717, 1.165) is 5.56 Å². The molecule has 0 spiro atoms. The van der Waals surface area contributed by atoms with Crippen LogP contribution in [0.2, 0.25) is 0 Å². The third kappa shape index (κ3) is 3.16. The van der Waals surface area contributed by atoms with E-state index < -0.39 is 5.41 Å². The van der Waals surface area contributed by atoms with Gasteiger partial charge in [-0.2, -0.15) is 0 Å². The van der Waals surface area contributed by atoms with Gasteiger partial charge in [-0.15, -0.1) is 0 Å². The molecule has 1 saturated heterocycles. The highest BCUT2D eigenvalue weighted by molar-refractivity contribution is 5.83. The molecule has 1 aromatic rings. The van der Waals surface area contributed by atoms with Crippen LogP contribution in [0, 0.1) is 11.2 Å². The number of benzene rings is 1. The Morgan fingerprint density at radius 3 is 2.80 bits per heavy atom. The quantitative estimate of drug-likeness (QED) is 0.883. The smallest absolute Gasteiger partial charge is 0.228 e. The number of amides is 1. The summed E-state index contributed by atoms with van der Waals surface area (Å²) < 4.78 is 18.5. The van der Waals surface area contributed by atoms with Gasteiger partial charge >= 0.3 is 0 Å². The Morgan fingerprint density at radius 2 is 2.20 bits per heavy atom. The molecule has 2 rings (SSSR count). The summed E-state index contributed by atoms with van der Waals surface area (Å²) in [6.45, 7) is 3.26. The maximum Gasteiger partial charge on any atom is 0.228 e. The summed E-state index contributed by atoms with van der Waals surface area (Å²) in [7, 11) is 0. The predicted octanol–water partition coefficient (Wildman–Crippen LogP) is 1.76. The van der Waals surface area contributed by atoms with Crippen molar-refractivity contribution in [1.82, 2.24) is 5.32 Å². The first-order valence-electron chi connectivity index (χ1n) is 6.92. The van der Waals surface area contributed by atoms with E-state index in [1.807, 2.05) is 6.92 Å². The lowest BCUT2D eigenvalue weighted by Gasteiger charge is -2.35. The van der Waals surface area contributed by atoms with Crippen molar-refractivity contribution in [2.75, 3.05) is 19.8 Å². The minimum absolute atomic E-state index is 0.0694. The summed E-state index contributed by atoms with van der Waals surface area (Å²) >= 11 is 0. The number of carbonyl (C=O) groups is 1. The molecule has 110 valence electrons. The largest absolute Gasteiger partial charge is 0.381 e. The Balaban J connectivity index is 2.06. The maximum atomic E-state index is 13.2. The van der Waals surface area contributed by atoms with Crippen molar-refractivity contribution in [1.29, 1.82) is 0 Å². The first-order chi connectivity index (χ1) is 9.57. The number of ether oxygens (including phenoxy) is 1. The number of rotatable bonds is 4. The number of hydrogen-bond acceptors (Lipinski definition) is 3. The maximum absolute atomic E-state index is 13.2. The lowest BCUT2D eigenvalue weighted by molar-refractivity contribution is -0.136. The molecule has 1 amide bonds. The van der Waals surface area contributed by atoms with Crippen molar-refractivity contribution >= 4 is 5.91 Å². The topological polar surface area (TPSA) is 64.4 Å². The molecule has 3 N–H and O–H groups in total. The number of nitrogens with one attached hydrogen (secondary N) is 1. The monoisotopic (exact) mass is 280 g/mol. The Bertz CT molecular complexity index is 473. The highest BCUT2D eigenvalue weighted by Crippen LogP contribution is 2.30. The van der Waals surface area contributed by atoms with Crippen LogP contribution in [-0.4, -0.2) is 25.7 Å². The van der Waals surface area contributed by atoms with Crippen molar-refractivity contribution in [2.24, 2.45) is 11.1 Å². The zero-order valence-electron chi connectivity index (χ0n) is 11.7. The summed E-state index contributed by atoms with van der Waals surface area (Å²) in [5, 5.41) is 2.94. The van der Waals surface area contributed by atoms with E-state index in [4.69, 9.17) is 10.5 Å². The van der Waals surface area contributed by atoms with Gasteiger partial charge in [-0.1, -0.05) is 12.1 Å². The number of nitrogens with two attached hydrogens (primary N) is 1. The van der Waals surface area contributed by atoms with Crippen LogP contribution < -0.4 is 11.1 Å². The van der Waals surface area contributed by atoms with Crippen LogP contribution in [0.15, 0.2) is 24.3 Å². The summed E-state index contributed by atoms with van der Waals surface area (Å²) in [4.78, 5) is 12.5. The third-order valence-electron chi connectivity index (χ3n) is 4.02. The summed E-state index contributed by atoms with van der Waals surface area (Å²) in [5.41, 5.74) is 5.99. The summed E-state index contributed by atoms with van der Waals surface area (Å²) in [6.07, 6.45) is 1.26. The molecule has 1 aliphatic heterocycles. The van der Waals surface area contributed by atoms with Crippen molar-refractivity contribution in [3.8, 4) is 0 Å². The second-order valence-corrected chi connectivity index (χ2v) is 5.35. The molecule has 0 saturated carbocycles. The third-order valence-corrected chi connectivity index (χ3v) is 4.02. The number of hydrogen-bond donors (Lipinski definition) is 2. The van der Waals surface area contributed by atoms with Gasteiger partial charge < -0.3 is 15.8 Å². The molecule has 0 aromatic heterocycles. The second kappa shape index (κ2) is 6.33. The zero-order chi connectivity index (χ0) is 14.6. The minimum atomic E-state index is -0.556. The molecule has 1 atom stereocenters. The normalized spacial score (nSPS) is 19.4. The molecule has 0 aliphatic carbocycles. The van der Waals surface area contributed by atoms with Crippen LogP contribution in [0.25, 0.3) is 0 Å². The fourth-order valence-corrected chi connectivity index (χ4v) is 2.50. The van der Waals surface area contributed by atoms with Crippen LogP contribution in [0.3, 0.4) is 0 Å². The van der Waals surface area contributed by atoms with Gasteiger partial charge in [-0.3, -0.25) is 4.79 Å². The van der Waals surface area contributed by atoms with E-state index in [2.05, 4.69) is 5.32 Å². The molecule has 0 bridgehead atoms. The first kappa shape index (κ1) is 14.9.